The number of ether oxygens (including phenoxy) is 2. The summed E-state index contributed by atoms with van der Waals surface area (Å²) in [5, 5.41) is 2.20. The number of carbonyl (C=O) groups excluding carboxylic acids is 1. The van der Waals surface area contributed by atoms with Gasteiger partial charge in [0.15, 0.2) is 0 Å². The lowest BCUT2D eigenvalue weighted by Crippen LogP contribution is -2.08. The topological polar surface area (TPSA) is 47.9 Å². The van der Waals surface area contributed by atoms with Crippen LogP contribution in [0.5, 0.6) is 11.5 Å². The maximum Gasteiger partial charge on any atom is 0.343 e. The van der Waals surface area contributed by atoms with Crippen LogP contribution in [0, 0.1) is 0 Å². The van der Waals surface area contributed by atoms with Crippen LogP contribution in [0.1, 0.15) is 22.8 Å². The van der Waals surface area contributed by atoms with Crippen molar-refractivity contribution in [2.24, 2.45) is 4.99 Å². The average molecular weight is 428 g/mol. The summed E-state index contributed by atoms with van der Waals surface area (Å²) in [6.07, 6.45) is 1.77. The van der Waals surface area contributed by atoms with E-state index in [2.05, 4.69) is 23.7 Å². The van der Waals surface area contributed by atoms with E-state index in [0.717, 1.165) is 32.7 Å². The zero-order chi connectivity index (χ0) is 21.6. The van der Waals surface area contributed by atoms with Gasteiger partial charge in [-0.1, -0.05) is 30.3 Å². The summed E-state index contributed by atoms with van der Waals surface area (Å²) >= 11 is 4.64. The monoisotopic (exact) mass is 427 g/mol. The SMILES string of the molecule is CCOc1ccc(C(=O)Oc2ccc(C=Nc3ccc4ccccc4c3S)cc2)cc1. The van der Waals surface area contributed by atoms with E-state index >= 15 is 0 Å². The third kappa shape index (κ3) is 4.95. The van der Waals surface area contributed by atoms with Gasteiger partial charge in [0.05, 0.1) is 17.9 Å². The molecule has 0 atom stereocenters. The molecule has 0 aromatic heterocycles. The molecule has 0 unspecified atom stereocenters. The maximum atomic E-state index is 12.3. The van der Waals surface area contributed by atoms with Gasteiger partial charge in [-0.2, -0.15) is 0 Å². The summed E-state index contributed by atoms with van der Waals surface area (Å²) in [5.41, 5.74) is 2.15. The van der Waals surface area contributed by atoms with Crippen LogP contribution >= 0.6 is 12.6 Å². The fourth-order valence-corrected chi connectivity index (χ4v) is 3.47. The molecule has 0 saturated carbocycles. The molecule has 0 aliphatic rings. The Morgan fingerprint density at radius 1 is 0.903 bits per heavy atom. The van der Waals surface area contributed by atoms with E-state index in [9.17, 15) is 4.79 Å². The lowest BCUT2D eigenvalue weighted by Gasteiger charge is -2.06. The summed E-state index contributed by atoms with van der Waals surface area (Å²) in [7, 11) is 0. The van der Waals surface area contributed by atoms with Crippen LogP contribution in [0.25, 0.3) is 10.8 Å². The Bertz CT molecular complexity index is 1230. The molecule has 4 rings (SSSR count). The smallest absolute Gasteiger partial charge is 0.343 e. The first-order valence-electron chi connectivity index (χ1n) is 9.94. The van der Waals surface area contributed by atoms with Crippen LogP contribution < -0.4 is 9.47 Å². The van der Waals surface area contributed by atoms with Crippen molar-refractivity contribution >= 4 is 41.3 Å². The van der Waals surface area contributed by atoms with Crippen LogP contribution in [0.15, 0.2) is 94.8 Å². The van der Waals surface area contributed by atoms with Crippen molar-refractivity contribution in [1.82, 2.24) is 0 Å². The van der Waals surface area contributed by atoms with Crippen molar-refractivity contribution in [1.29, 1.82) is 0 Å². The molecule has 0 saturated heterocycles. The lowest BCUT2D eigenvalue weighted by molar-refractivity contribution is 0.0734. The number of thiol groups is 1. The second-order valence-electron chi connectivity index (χ2n) is 6.83. The Morgan fingerprint density at radius 3 is 2.35 bits per heavy atom. The van der Waals surface area contributed by atoms with Gasteiger partial charge in [0.1, 0.15) is 11.5 Å². The van der Waals surface area contributed by atoms with Crippen LogP contribution in [0.3, 0.4) is 0 Å². The average Bonchev–Trinajstić information content (AvgIpc) is 2.80. The predicted octanol–water partition coefficient (Wildman–Crippen LogP) is 6.50. The van der Waals surface area contributed by atoms with Gasteiger partial charge in [-0.25, -0.2) is 4.79 Å². The molecule has 154 valence electrons. The van der Waals surface area contributed by atoms with Crippen molar-refractivity contribution in [3.8, 4) is 11.5 Å². The van der Waals surface area contributed by atoms with Crippen LogP contribution in [-0.2, 0) is 0 Å². The molecule has 0 radical (unpaired) electrons. The van der Waals surface area contributed by atoms with Crippen molar-refractivity contribution in [2.45, 2.75) is 11.8 Å². The first kappa shape index (κ1) is 20.7. The van der Waals surface area contributed by atoms with E-state index in [0.29, 0.717) is 17.9 Å². The van der Waals surface area contributed by atoms with Gasteiger partial charge >= 0.3 is 5.97 Å². The number of rotatable bonds is 6. The molecule has 0 bridgehead atoms. The molecule has 0 spiro atoms. The second-order valence-corrected chi connectivity index (χ2v) is 7.28. The largest absolute Gasteiger partial charge is 0.494 e. The first-order valence-corrected chi connectivity index (χ1v) is 10.4. The fraction of sp³-hybridized carbons (Fsp3) is 0.0769. The number of fused-ring (bicyclic) bond motifs is 1. The third-order valence-electron chi connectivity index (χ3n) is 4.72. The summed E-state index contributed by atoms with van der Waals surface area (Å²) in [6, 6.07) is 26.1. The van der Waals surface area contributed by atoms with Gasteiger partial charge in [0.25, 0.3) is 0 Å². The zero-order valence-electron chi connectivity index (χ0n) is 17.0. The molecule has 4 aromatic rings. The lowest BCUT2D eigenvalue weighted by atomic mass is 10.1. The normalized spacial score (nSPS) is 11.0. The minimum absolute atomic E-state index is 0.416. The molecule has 0 N–H and O–H groups in total. The predicted molar refractivity (Wildman–Crippen MR) is 127 cm³/mol. The first-order chi connectivity index (χ1) is 15.1. The summed E-state index contributed by atoms with van der Waals surface area (Å²) in [4.78, 5) is 17.7. The standard InChI is InChI=1S/C26H21NO3S/c1-2-29-21-14-9-20(10-15-21)26(28)30-22-12-7-18(8-13-22)17-27-24-16-11-19-5-3-4-6-23(19)25(24)31/h3-17,31H,2H2,1H3. The minimum Gasteiger partial charge on any atom is -0.494 e. The van der Waals surface area contributed by atoms with Crippen molar-refractivity contribution in [3.63, 3.8) is 0 Å². The molecule has 0 aliphatic carbocycles. The van der Waals surface area contributed by atoms with Crippen molar-refractivity contribution in [2.75, 3.05) is 6.61 Å². The number of nitrogens with zero attached hydrogens (tertiary/aromatic N) is 1. The molecular weight excluding hydrogens is 406 g/mol. The van der Waals surface area contributed by atoms with E-state index in [4.69, 9.17) is 9.47 Å². The number of hydrogen-bond donors (Lipinski definition) is 1. The number of benzene rings is 4. The highest BCUT2D eigenvalue weighted by atomic mass is 32.1. The summed E-state index contributed by atoms with van der Waals surface area (Å²) < 4.78 is 10.8. The van der Waals surface area contributed by atoms with Crippen LogP contribution in [0.2, 0.25) is 0 Å². The Hall–Kier alpha value is -3.57. The molecule has 5 heteroatoms. The molecular formula is C26H21NO3S. The molecule has 4 nitrogen and oxygen atoms in total. The van der Waals surface area contributed by atoms with Crippen molar-refractivity contribution in [3.05, 3.63) is 96.1 Å². The molecule has 4 aromatic carbocycles. The second kappa shape index (κ2) is 9.49. The molecule has 0 fully saturated rings. The van der Waals surface area contributed by atoms with E-state index < -0.39 is 5.97 Å². The quantitative estimate of drug-likeness (QED) is 0.165. The number of hydrogen-bond acceptors (Lipinski definition) is 5. The molecule has 0 amide bonds. The highest BCUT2D eigenvalue weighted by molar-refractivity contribution is 7.80. The minimum atomic E-state index is -0.416. The number of carbonyl (C=O) groups is 1. The third-order valence-corrected chi connectivity index (χ3v) is 5.19. The van der Waals surface area contributed by atoms with E-state index in [1.807, 2.05) is 49.4 Å². The maximum absolute atomic E-state index is 12.3. The van der Waals surface area contributed by atoms with Gasteiger partial charge in [-0.15, -0.1) is 12.6 Å². The van der Waals surface area contributed by atoms with E-state index in [1.165, 1.54) is 0 Å². The Balaban J connectivity index is 1.43. The highest BCUT2D eigenvalue weighted by Gasteiger charge is 2.09. The highest BCUT2D eigenvalue weighted by Crippen LogP contribution is 2.31. The Kier molecular flexibility index (Phi) is 6.34. The number of esters is 1. The Labute approximate surface area is 186 Å². The Morgan fingerprint density at radius 2 is 1.61 bits per heavy atom. The van der Waals surface area contributed by atoms with E-state index in [1.54, 1.807) is 42.6 Å². The van der Waals surface area contributed by atoms with Crippen LogP contribution in [-0.4, -0.2) is 18.8 Å². The van der Waals surface area contributed by atoms with Crippen molar-refractivity contribution < 1.29 is 14.3 Å². The van der Waals surface area contributed by atoms with Gasteiger partial charge in [0.2, 0.25) is 0 Å². The molecule has 31 heavy (non-hydrogen) atoms. The fourth-order valence-electron chi connectivity index (χ4n) is 3.13. The molecule has 0 heterocycles. The van der Waals surface area contributed by atoms with Gasteiger partial charge in [-0.3, -0.25) is 4.99 Å². The molecule has 0 aliphatic heterocycles. The zero-order valence-corrected chi connectivity index (χ0v) is 17.9. The van der Waals surface area contributed by atoms with Crippen LogP contribution in [0.4, 0.5) is 5.69 Å². The van der Waals surface area contributed by atoms with Gasteiger partial charge in [0, 0.05) is 11.1 Å². The summed E-state index contributed by atoms with van der Waals surface area (Å²) in [6.45, 7) is 2.49. The van der Waals surface area contributed by atoms with E-state index in [-0.39, 0.29) is 0 Å². The van der Waals surface area contributed by atoms with Gasteiger partial charge in [-0.05, 0) is 77.9 Å². The summed E-state index contributed by atoms with van der Waals surface area (Å²) in [5.74, 6) is 0.774. The van der Waals surface area contributed by atoms with Gasteiger partial charge < -0.3 is 9.47 Å². The number of aliphatic imine (C=N–C) groups is 1.